The molecule has 0 fully saturated rings. The lowest BCUT2D eigenvalue weighted by atomic mass is 10.3. The Labute approximate surface area is 147 Å². The van der Waals surface area contributed by atoms with Crippen LogP contribution in [0.2, 0.25) is 0 Å². The molecule has 130 valence electrons. The van der Waals surface area contributed by atoms with Crippen LogP contribution in [0.5, 0.6) is 0 Å². The van der Waals surface area contributed by atoms with Crippen molar-refractivity contribution < 1.29 is 17.6 Å². The van der Waals surface area contributed by atoms with Gasteiger partial charge in [0.15, 0.2) is 5.16 Å². The number of carbonyl (C=O) groups excluding carboxylic acids is 1. The van der Waals surface area contributed by atoms with Gasteiger partial charge < -0.3 is 4.98 Å². The summed E-state index contributed by atoms with van der Waals surface area (Å²) in [7, 11) is -4.04. The number of rotatable bonds is 6. The molecule has 0 saturated carbocycles. The largest absolute Gasteiger partial charge is 0.333 e. The van der Waals surface area contributed by atoms with E-state index in [1.54, 1.807) is 0 Å². The zero-order valence-electron chi connectivity index (χ0n) is 12.7. The van der Waals surface area contributed by atoms with Gasteiger partial charge >= 0.3 is 0 Å². The molecule has 0 unspecified atom stereocenters. The number of nitrogens with zero attached hydrogens (tertiary/aromatic N) is 1. The fourth-order valence-electron chi connectivity index (χ4n) is 1.98. The Kier molecular flexibility index (Phi) is 5.02. The van der Waals surface area contributed by atoms with E-state index in [1.165, 1.54) is 12.1 Å². The van der Waals surface area contributed by atoms with E-state index in [4.69, 9.17) is 0 Å². The van der Waals surface area contributed by atoms with Crippen LogP contribution in [0.15, 0.2) is 58.6 Å². The van der Waals surface area contributed by atoms with Crippen molar-refractivity contribution in [2.45, 2.75) is 10.1 Å². The second-order valence-corrected chi connectivity index (χ2v) is 7.61. The maximum Gasteiger partial charge on any atom is 0.257 e. The lowest BCUT2D eigenvalue weighted by Gasteiger charge is -2.08. The molecule has 25 heavy (non-hydrogen) atoms. The van der Waals surface area contributed by atoms with E-state index in [9.17, 15) is 17.6 Å². The number of benzene rings is 2. The monoisotopic (exact) mass is 380 g/mol. The Bertz CT molecular complexity index is 987. The molecule has 0 spiro atoms. The lowest BCUT2D eigenvalue weighted by Crippen LogP contribution is -2.42. The topological polar surface area (TPSA) is 104 Å². The predicted octanol–water partition coefficient (Wildman–Crippen LogP) is 1.80. The van der Waals surface area contributed by atoms with Gasteiger partial charge in [0, 0.05) is 0 Å². The molecule has 1 heterocycles. The molecular weight excluding hydrogens is 367 g/mol. The van der Waals surface area contributed by atoms with E-state index in [1.807, 2.05) is 29.1 Å². The third-order valence-electron chi connectivity index (χ3n) is 3.14. The van der Waals surface area contributed by atoms with Gasteiger partial charge in [-0.05, 0) is 30.3 Å². The van der Waals surface area contributed by atoms with E-state index < -0.39 is 21.7 Å². The zero-order valence-corrected chi connectivity index (χ0v) is 14.3. The fraction of sp³-hybridized carbons (Fsp3) is 0.0667. The summed E-state index contributed by atoms with van der Waals surface area (Å²) in [6.45, 7) is 0. The minimum atomic E-state index is -4.04. The fourth-order valence-corrected chi connectivity index (χ4v) is 3.56. The molecule has 0 aliphatic carbocycles. The van der Waals surface area contributed by atoms with Crippen molar-refractivity contribution in [2.24, 2.45) is 0 Å². The molecule has 3 rings (SSSR count). The second kappa shape index (κ2) is 7.21. The first kappa shape index (κ1) is 17.4. The minimum Gasteiger partial charge on any atom is -0.333 e. The van der Waals surface area contributed by atoms with Gasteiger partial charge in [0.1, 0.15) is 5.82 Å². The van der Waals surface area contributed by atoms with Gasteiger partial charge in [-0.3, -0.25) is 10.2 Å². The molecule has 1 aromatic heterocycles. The second-order valence-electron chi connectivity index (χ2n) is 4.96. The number of thioether (sulfide) groups is 1. The summed E-state index contributed by atoms with van der Waals surface area (Å²) in [4.78, 5) is 20.8. The summed E-state index contributed by atoms with van der Waals surface area (Å²) < 4.78 is 37.0. The van der Waals surface area contributed by atoms with Gasteiger partial charge in [-0.15, -0.1) is 4.83 Å². The first-order valence-corrected chi connectivity index (χ1v) is 9.55. The third-order valence-corrected chi connectivity index (χ3v) is 5.26. The number of carbonyl (C=O) groups is 1. The summed E-state index contributed by atoms with van der Waals surface area (Å²) in [6.07, 6.45) is 0. The van der Waals surface area contributed by atoms with E-state index in [0.29, 0.717) is 5.16 Å². The third kappa shape index (κ3) is 4.35. The first-order valence-electron chi connectivity index (χ1n) is 7.08. The van der Waals surface area contributed by atoms with Gasteiger partial charge in [-0.1, -0.05) is 30.0 Å². The number of aromatic amines is 1. The molecule has 3 aromatic rings. The molecule has 0 bridgehead atoms. The van der Waals surface area contributed by atoms with Crippen molar-refractivity contribution in [2.75, 3.05) is 5.75 Å². The van der Waals surface area contributed by atoms with Crippen molar-refractivity contribution in [3.63, 3.8) is 0 Å². The summed E-state index contributed by atoms with van der Waals surface area (Å²) in [6, 6.07) is 11.9. The molecule has 0 aliphatic rings. The number of fused-ring (bicyclic) bond motifs is 1. The average molecular weight is 380 g/mol. The normalized spacial score (nSPS) is 11.6. The van der Waals surface area contributed by atoms with Crippen LogP contribution in [0, 0.1) is 5.82 Å². The maximum atomic E-state index is 13.1. The van der Waals surface area contributed by atoms with Crippen molar-refractivity contribution in [1.29, 1.82) is 0 Å². The van der Waals surface area contributed by atoms with Crippen molar-refractivity contribution in [3.8, 4) is 0 Å². The highest BCUT2D eigenvalue weighted by Crippen LogP contribution is 2.18. The van der Waals surface area contributed by atoms with Crippen molar-refractivity contribution >= 4 is 38.7 Å². The van der Waals surface area contributed by atoms with Crippen LogP contribution in [0.3, 0.4) is 0 Å². The molecule has 10 heteroatoms. The molecule has 0 saturated heterocycles. The highest BCUT2D eigenvalue weighted by atomic mass is 32.2. The quantitative estimate of drug-likeness (QED) is 0.447. The van der Waals surface area contributed by atoms with Crippen LogP contribution in [0.1, 0.15) is 0 Å². The van der Waals surface area contributed by atoms with E-state index in [0.717, 1.165) is 34.9 Å². The van der Waals surface area contributed by atoms with Crippen LogP contribution >= 0.6 is 11.8 Å². The van der Waals surface area contributed by atoms with Gasteiger partial charge in [-0.2, -0.15) is 0 Å². The minimum absolute atomic E-state index is 0.0501. The number of para-hydroxylation sites is 2. The van der Waals surface area contributed by atoms with Crippen molar-refractivity contribution in [3.05, 3.63) is 54.3 Å². The SMILES string of the molecule is O=C(CSc1nc2ccccc2[nH]1)NNS(=O)(=O)c1cccc(F)c1. The molecule has 0 radical (unpaired) electrons. The van der Waals surface area contributed by atoms with E-state index >= 15 is 0 Å². The Morgan fingerprint density at radius 2 is 2.00 bits per heavy atom. The predicted molar refractivity (Wildman–Crippen MR) is 91.7 cm³/mol. The number of imidazole rings is 1. The zero-order chi connectivity index (χ0) is 17.9. The summed E-state index contributed by atoms with van der Waals surface area (Å²) >= 11 is 1.13. The lowest BCUT2D eigenvalue weighted by molar-refractivity contribution is -0.119. The van der Waals surface area contributed by atoms with E-state index in [-0.39, 0.29) is 10.6 Å². The number of nitrogens with one attached hydrogen (secondary N) is 3. The molecule has 1 amide bonds. The Hall–Kier alpha value is -2.43. The Morgan fingerprint density at radius 1 is 1.20 bits per heavy atom. The molecule has 0 atom stereocenters. The number of aromatic nitrogens is 2. The van der Waals surface area contributed by atoms with Crippen LogP contribution in [0.25, 0.3) is 11.0 Å². The highest BCUT2D eigenvalue weighted by molar-refractivity contribution is 7.99. The number of hydrazine groups is 1. The Morgan fingerprint density at radius 3 is 2.76 bits per heavy atom. The smallest absolute Gasteiger partial charge is 0.257 e. The van der Waals surface area contributed by atoms with Crippen molar-refractivity contribution in [1.82, 2.24) is 20.2 Å². The van der Waals surface area contributed by atoms with Crippen LogP contribution in [-0.2, 0) is 14.8 Å². The first-order chi connectivity index (χ1) is 11.9. The van der Waals surface area contributed by atoms with Crippen LogP contribution in [-0.4, -0.2) is 30.0 Å². The standard InChI is InChI=1S/C15H13FN4O3S2/c16-10-4-3-5-11(8-10)25(22,23)20-19-14(21)9-24-15-17-12-6-1-2-7-13(12)18-15/h1-8,20H,9H2,(H,17,18)(H,19,21). The summed E-state index contributed by atoms with van der Waals surface area (Å²) in [5.74, 6) is -1.30. The van der Waals surface area contributed by atoms with Gasteiger partial charge in [0.25, 0.3) is 10.0 Å². The molecule has 7 nitrogen and oxygen atoms in total. The molecule has 2 aromatic carbocycles. The molecule has 0 aliphatic heterocycles. The highest BCUT2D eigenvalue weighted by Gasteiger charge is 2.16. The number of H-pyrrole nitrogens is 1. The summed E-state index contributed by atoms with van der Waals surface area (Å²) in [5, 5.41) is 0.546. The van der Waals surface area contributed by atoms with Gasteiger partial charge in [0.2, 0.25) is 5.91 Å². The number of hydrogen-bond acceptors (Lipinski definition) is 5. The Balaban J connectivity index is 1.55. The van der Waals surface area contributed by atoms with Gasteiger partial charge in [0.05, 0.1) is 21.7 Å². The van der Waals surface area contributed by atoms with Crippen LogP contribution < -0.4 is 10.3 Å². The average Bonchev–Trinajstić information content (AvgIpc) is 3.01. The number of halogens is 1. The molecular formula is C15H13FN4O3S2. The number of hydrogen-bond donors (Lipinski definition) is 3. The van der Waals surface area contributed by atoms with Crippen LogP contribution in [0.4, 0.5) is 4.39 Å². The molecule has 3 N–H and O–H groups in total. The summed E-state index contributed by atoms with van der Waals surface area (Å²) in [5.41, 5.74) is 3.70. The van der Waals surface area contributed by atoms with Gasteiger partial charge in [-0.25, -0.2) is 17.8 Å². The van der Waals surface area contributed by atoms with E-state index in [2.05, 4.69) is 15.4 Å². The maximum absolute atomic E-state index is 13.1. The number of sulfonamides is 1. The number of amides is 1.